The first kappa shape index (κ1) is 37.8. The number of likely N-dealkylation sites (tertiary alicyclic amines) is 1. The van der Waals surface area contributed by atoms with Gasteiger partial charge in [0.1, 0.15) is 29.0 Å². The Balaban J connectivity index is 0.000000192. The Morgan fingerprint density at radius 2 is 1.66 bits per heavy atom. The van der Waals surface area contributed by atoms with E-state index in [0.29, 0.717) is 36.1 Å². The van der Waals surface area contributed by atoms with Gasteiger partial charge in [-0.05, 0) is 102 Å². The van der Waals surface area contributed by atoms with E-state index in [9.17, 15) is 23.2 Å². The van der Waals surface area contributed by atoms with Crippen molar-refractivity contribution >= 4 is 34.9 Å². The predicted molar refractivity (Wildman–Crippen MR) is 200 cm³/mol. The van der Waals surface area contributed by atoms with Crippen LogP contribution in [0.25, 0.3) is 5.65 Å². The van der Waals surface area contributed by atoms with Crippen molar-refractivity contribution in [3.05, 3.63) is 83.4 Å². The molecule has 3 amide bonds. The fourth-order valence-corrected chi connectivity index (χ4v) is 7.20. The number of fused-ring (bicyclic) bond motifs is 1. The summed E-state index contributed by atoms with van der Waals surface area (Å²) in [6.07, 6.45) is 10.1. The normalized spacial score (nSPS) is 18.8. The molecule has 282 valence electrons. The average Bonchev–Trinajstić information content (AvgIpc) is 3.57. The fourth-order valence-electron chi connectivity index (χ4n) is 7.20. The molecule has 0 spiro atoms. The van der Waals surface area contributed by atoms with Gasteiger partial charge in [-0.25, -0.2) is 18.7 Å². The molecule has 7 rings (SSSR count). The zero-order valence-electron chi connectivity index (χ0n) is 30.6. The predicted octanol–water partition coefficient (Wildman–Crippen LogP) is 7.47. The summed E-state index contributed by atoms with van der Waals surface area (Å²) in [5.41, 5.74) is 3.95. The lowest BCUT2D eigenvalue weighted by Crippen LogP contribution is -2.47. The summed E-state index contributed by atoms with van der Waals surface area (Å²) >= 11 is 0. The lowest BCUT2D eigenvalue weighted by Gasteiger charge is -2.29. The number of benzene rings is 1. The van der Waals surface area contributed by atoms with Gasteiger partial charge in [0.15, 0.2) is 0 Å². The molecule has 0 bridgehead atoms. The van der Waals surface area contributed by atoms with E-state index in [2.05, 4.69) is 45.0 Å². The average molecular weight is 730 g/mol. The van der Waals surface area contributed by atoms with E-state index in [1.54, 1.807) is 12.3 Å². The summed E-state index contributed by atoms with van der Waals surface area (Å²) in [5.74, 6) is 0.640. The van der Waals surface area contributed by atoms with E-state index in [1.807, 2.05) is 36.6 Å². The van der Waals surface area contributed by atoms with Crippen LogP contribution in [0, 0.1) is 0 Å². The van der Waals surface area contributed by atoms with Gasteiger partial charge in [0, 0.05) is 36.5 Å². The van der Waals surface area contributed by atoms with Gasteiger partial charge in [-0.2, -0.15) is 0 Å². The van der Waals surface area contributed by atoms with Crippen LogP contribution in [0.1, 0.15) is 117 Å². The third-order valence-electron chi connectivity index (χ3n) is 10.1. The molecule has 11 nitrogen and oxygen atoms in total. The molecule has 5 heterocycles. The molecule has 3 fully saturated rings. The molecule has 1 unspecified atom stereocenters. The second-order valence-corrected chi connectivity index (χ2v) is 14.5. The number of nitrogens with zero attached hydrogens (tertiary/aromatic N) is 4. The first-order chi connectivity index (χ1) is 25.5. The van der Waals surface area contributed by atoms with E-state index in [4.69, 9.17) is 9.72 Å². The smallest absolute Gasteiger partial charge is 0.280 e. The van der Waals surface area contributed by atoms with Crippen molar-refractivity contribution in [2.24, 2.45) is 0 Å². The van der Waals surface area contributed by atoms with Crippen LogP contribution < -0.4 is 20.7 Å². The number of anilines is 2. The van der Waals surface area contributed by atoms with Crippen LogP contribution >= 0.6 is 0 Å². The summed E-state index contributed by atoms with van der Waals surface area (Å²) in [7, 11) is 2.17. The molecule has 3 aromatic heterocycles. The minimum absolute atomic E-state index is 0.0620. The number of imidazole rings is 1. The number of ether oxygens (including phenoxy) is 1. The highest BCUT2D eigenvalue weighted by Crippen LogP contribution is 2.33. The molecule has 3 aliphatic rings. The van der Waals surface area contributed by atoms with Crippen LogP contribution in [-0.2, 0) is 9.59 Å². The molecule has 1 atom stereocenters. The molecular formula is C40H49F2N7O4. The SMILES string of the molecule is CC(C)Oc1cc2nc(C3CCCCC3)cn2cc1C(=O)Nc1cccc(C(F)F)n1.CN1CCC(c2ccc(NC3CCC(=O)NC3=O)cc2)CC1. The van der Waals surface area contributed by atoms with Crippen LogP contribution in [-0.4, -0.2) is 69.3 Å². The second kappa shape index (κ2) is 17.3. The molecule has 1 saturated carbocycles. The van der Waals surface area contributed by atoms with Crippen LogP contribution in [0.5, 0.6) is 5.75 Å². The van der Waals surface area contributed by atoms with Gasteiger partial charge >= 0.3 is 0 Å². The second-order valence-electron chi connectivity index (χ2n) is 14.5. The quantitative estimate of drug-likeness (QED) is 0.151. The van der Waals surface area contributed by atoms with Crippen LogP contribution in [0.2, 0.25) is 0 Å². The van der Waals surface area contributed by atoms with Crippen molar-refractivity contribution in [3.8, 4) is 5.75 Å². The topological polar surface area (TPSA) is 130 Å². The molecule has 1 aliphatic carbocycles. The molecule has 4 aromatic rings. The lowest BCUT2D eigenvalue weighted by molar-refractivity contribution is -0.133. The zero-order chi connectivity index (χ0) is 37.5. The standard InChI is InChI=1S/C23H26F2N4O2.C17H23N3O2/c1-14(2)31-19-11-21-27-18(15-7-4-3-5-8-15)13-29(21)12-16(19)23(30)28-20-10-6-9-17(26-20)22(24)25;1-20-10-8-13(9-11-20)12-2-4-14(5-3-12)18-15-6-7-16(21)19-17(15)22/h6,9-15,22H,3-5,7-8H2,1-2H3,(H,26,28,30);2-5,13,15,18H,6-11H2,1H3,(H,19,21,22). The van der Waals surface area contributed by atoms with E-state index in [1.165, 1.54) is 55.9 Å². The minimum atomic E-state index is -2.71. The van der Waals surface area contributed by atoms with Gasteiger partial charge in [-0.1, -0.05) is 37.5 Å². The monoisotopic (exact) mass is 729 g/mol. The number of halogens is 2. The minimum Gasteiger partial charge on any atom is -0.490 e. The number of nitrogens with one attached hydrogen (secondary N) is 3. The molecule has 2 aliphatic heterocycles. The Bertz CT molecular complexity index is 1880. The van der Waals surface area contributed by atoms with E-state index in [0.717, 1.165) is 37.3 Å². The number of rotatable bonds is 9. The Kier molecular flexibility index (Phi) is 12.3. The van der Waals surface area contributed by atoms with Crippen molar-refractivity contribution in [1.82, 2.24) is 24.6 Å². The van der Waals surface area contributed by atoms with Gasteiger partial charge in [-0.15, -0.1) is 0 Å². The molecule has 13 heteroatoms. The van der Waals surface area contributed by atoms with Crippen LogP contribution in [0.15, 0.2) is 60.9 Å². The Morgan fingerprint density at radius 3 is 2.34 bits per heavy atom. The number of imide groups is 1. The Labute approximate surface area is 308 Å². The van der Waals surface area contributed by atoms with Crippen molar-refractivity contribution in [3.63, 3.8) is 0 Å². The maximum absolute atomic E-state index is 13.0. The molecule has 1 aromatic carbocycles. The fraction of sp³-hybridized carbons (Fsp3) is 0.475. The van der Waals surface area contributed by atoms with Crippen molar-refractivity contribution < 1.29 is 27.9 Å². The van der Waals surface area contributed by atoms with Gasteiger partial charge in [-0.3, -0.25) is 19.7 Å². The number of carbonyl (C=O) groups excluding carboxylic acids is 3. The third-order valence-corrected chi connectivity index (χ3v) is 10.1. The third kappa shape index (κ3) is 9.95. The van der Waals surface area contributed by atoms with Crippen molar-refractivity contribution in [2.45, 2.75) is 102 Å². The number of hydrogen-bond acceptors (Lipinski definition) is 8. The van der Waals surface area contributed by atoms with Crippen molar-refractivity contribution in [2.75, 3.05) is 30.8 Å². The van der Waals surface area contributed by atoms with E-state index in [-0.39, 0.29) is 35.3 Å². The highest BCUT2D eigenvalue weighted by atomic mass is 19.3. The number of piperidine rings is 2. The first-order valence-electron chi connectivity index (χ1n) is 18.7. The first-order valence-corrected chi connectivity index (χ1v) is 18.7. The van der Waals surface area contributed by atoms with Gasteiger partial charge in [0.25, 0.3) is 12.3 Å². The number of hydrogen-bond donors (Lipinski definition) is 3. The summed E-state index contributed by atoms with van der Waals surface area (Å²) < 4.78 is 33.6. The maximum atomic E-state index is 13.0. The zero-order valence-corrected chi connectivity index (χ0v) is 30.6. The molecular weight excluding hydrogens is 680 g/mol. The number of alkyl halides is 2. The molecule has 2 saturated heterocycles. The molecule has 53 heavy (non-hydrogen) atoms. The van der Waals surface area contributed by atoms with Crippen LogP contribution in [0.3, 0.4) is 0 Å². The van der Waals surface area contributed by atoms with E-state index < -0.39 is 18.0 Å². The largest absolute Gasteiger partial charge is 0.490 e. The number of amides is 3. The highest BCUT2D eigenvalue weighted by molar-refractivity contribution is 6.06. The summed E-state index contributed by atoms with van der Waals surface area (Å²) in [4.78, 5) is 46.9. The summed E-state index contributed by atoms with van der Waals surface area (Å²) in [5, 5.41) is 8.19. The number of carbonyl (C=O) groups is 3. The van der Waals surface area contributed by atoms with Gasteiger partial charge in [0.05, 0.1) is 17.4 Å². The van der Waals surface area contributed by atoms with Gasteiger partial charge in [0.2, 0.25) is 11.8 Å². The number of aromatic nitrogens is 3. The Morgan fingerprint density at radius 1 is 0.925 bits per heavy atom. The molecule has 0 radical (unpaired) electrons. The van der Waals surface area contributed by atoms with Gasteiger partial charge < -0.3 is 24.7 Å². The lowest BCUT2D eigenvalue weighted by atomic mass is 9.87. The maximum Gasteiger partial charge on any atom is 0.280 e. The van der Waals surface area contributed by atoms with E-state index >= 15 is 0 Å². The summed E-state index contributed by atoms with van der Waals surface area (Å²) in [6.45, 7) is 6.05. The Hall–Kier alpha value is -4.91. The van der Waals surface area contributed by atoms with Crippen LogP contribution in [0.4, 0.5) is 20.3 Å². The highest BCUT2D eigenvalue weighted by Gasteiger charge is 2.27. The van der Waals surface area contributed by atoms with Crippen molar-refractivity contribution in [1.29, 1.82) is 0 Å². The number of pyridine rings is 2. The molecule has 3 N–H and O–H groups in total. The summed E-state index contributed by atoms with van der Waals surface area (Å²) in [6, 6.07) is 14.0.